The fourth-order valence-corrected chi connectivity index (χ4v) is 2.09. The lowest BCUT2D eigenvalue weighted by Crippen LogP contribution is -2.22. The average Bonchev–Trinajstić information content (AvgIpc) is 2.16. The Morgan fingerprint density at radius 2 is 2.07 bits per heavy atom. The minimum atomic E-state index is 0.263. The third-order valence-electron chi connectivity index (χ3n) is 2.73. The number of nitrogen functional groups attached to an aromatic ring is 2. The molecule has 6 N–H and O–H groups in total. The summed E-state index contributed by atoms with van der Waals surface area (Å²) in [7, 11) is 0. The molecule has 0 bridgehead atoms. The zero-order valence-corrected chi connectivity index (χ0v) is 8.03. The second-order valence-corrected chi connectivity index (χ2v) is 3.65. The van der Waals surface area contributed by atoms with Crippen molar-refractivity contribution in [3.8, 4) is 0 Å². The summed E-state index contributed by atoms with van der Waals surface area (Å²) in [5, 5.41) is 0. The lowest BCUT2D eigenvalue weighted by Gasteiger charge is -2.24. The highest BCUT2D eigenvalue weighted by molar-refractivity contribution is 5.49. The van der Waals surface area contributed by atoms with Gasteiger partial charge in [0.15, 0.2) is 0 Å². The summed E-state index contributed by atoms with van der Waals surface area (Å²) in [6.07, 6.45) is 3.11. The molecule has 0 radical (unpaired) electrons. The molecule has 0 amide bonds. The largest absolute Gasteiger partial charge is 0.383 e. The van der Waals surface area contributed by atoms with Crippen molar-refractivity contribution in [1.29, 1.82) is 0 Å². The predicted octanol–water partition coefficient (Wildman–Crippen LogP) is 0.0196. The van der Waals surface area contributed by atoms with Gasteiger partial charge in [-0.15, -0.1) is 0 Å². The fourth-order valence-electron chi connectivity index (χ4n) is 2.09. The van der Waals surface area contributed by atoms with E-state index in [-0.39, 0.29) is 5.95 Å². The third-order valence-corrected chi connectivity index (χ3v) is 2.73. The molecule has 76 valence electrons. The minimum absolute atomic E-state index is 0.263. The normalized spacial score (nSPS) is 20.5. The van der Waals surface area contributed by atoms with Crippen molar-refractivity contribution in [1.82, 2.24) is 9.97 Å². The lowest BCUT2D eigenvalue weighted by molar-refractivity contribution is 0.551. The maximum atomic E-state index is 5.82. The Morgan fingerprint density at radius 1 is 1.29 bits per heavy atom. The van der Waals surface area contributed by atoms with Crippen molar-refractivity contribution in [3.63, 3.8) is 0 Å². The summed E-state index contributed by atoms with van der Waals surface area (Å²) in [4.78, 5) is 8.18. The van der Waals surface area contributed by atoms with Gasteiger partial charge in [0, 0.05) is 11.5 Å². The van der Waals surface area contributed by atoms with Gasteiger partial charge in [0.05, 0.1) is 5.69 Å². The number of hydrogen-bond acceptors (Lipinski definition) is 5. The maximum Gasteiger partial charge on any atom is 0.222 e. The Labute approximate surface area is 82.7 Å². The molecule has 1 aliphatic carbocycles. The first kappa shape index (κ1) is 9.21. The third kappa shape index (κ3) is 1.39. The van der Waals surface area contributed by atoms with Gasteiger partial charge in [-0.1, -0.05) is 0 Å². The van der Waals surface area contributed by atoms with Crippen molar-refractivity contribution >= 4 is 11.8 Å². The number of aryl methyl sites for hydroxylation is 1. The van der Waals surface area contributed by atoms with Crippen molar-refractivity contribution in [2.75, 3.05) is 18.0 Å². The molecule has 14 heavy (non-hydrogen) atoms. The van der Waals surface area contributed by atoms with Crippen molar-refractivity contribution in [2.45, 2.75) is 25.2 Å². The van der Waals surface area contributed by atoms with E-state index < -0.39 is 0 Å². The zero-order chi connectivity index (χ0) is 10.1. The van der Waals surface area contributed by atoms with Crippen LogP contribution in [-0.4, -0.2) is 16.5 Å². The van der Waals surface area contributed by atoms with Crippen molar-refractivity contribution in [2.24, 2.45) is 5.73 Å². The molecule has 2 rings (SSSR count). The van der Waals surface area contributed by atoms with E-state index in [1.165, 1.54) is 0 Å². The smallest absolute Gasteiger partial charge is 0.222 e. The second kappa shape index (κ2) is 3.42. The monoisotopic (exact) mass is 193 g/mol. The van der Waals surface area contributed by atoms with Crippen LogP contribution in [-0.2, 0) is 6.42 Å². The highest BCUT2D eigenvalue weighted by Gasteiger charge is 2.23. The first-order valence-electron chi connectivity index (χ1n) is 4.84. The quantitative estimate of drug-likeness (QED) is 0.583. The Hall–Kier alpha value is -1.36. The highest BCUT2D eigenvalue weighted by atomic mass is 15.0. The van der Waals surface area contributed by atoms with Crippen LogP contribution >= 0.6 is 0 Å². The molecule has 0 spiro atoms. The maximum absolute atomic E-state index is 5.82. The van der Waals surface area contributed by atoms with Crippen LogP contribution in [0.1, 0.15) is 30.0 Å². The van der Waals surface area contributed by atoms with Crippen molar-refractivity contribution < 1.29 is 0 Å². The van der Waals surface area contributed by atoms with Crippen molar-refractivity contribution in [3.05, 3.63) is 11.3 Å². The topological polar surface area (TPSA) is 104 Å². The molecular weight excluding hydrogens is 178 g/mol. The van der Waals surface area contributed by atoms with Gasteiger partial charge in [-0.05, 0) is 25.8 Å². The molecule has 0 saturated heterocycles. The number of aromatic nitrogens is 2. The molecule has 1 heterocycles. The number of rotatable bonds is 1. The van der Waals surface area contributed by atoms with Crippen LogP contribution in [0.4, 0.5) is 11.8 Å². The fraction of sp³-hybridized carbons (Fsp3) is 0.556. The Balaban J connectivity index is 2.51. The second-order valence-electron chi connectivity index (χ2n) is 3.65. The van der Waals surface area contributed by atoms with Crippen LogP contribution in [0.3, 0.4) is 0 Å². The number of nitrogens with zero attached hydrogens (tertiary/aromatic N) is 2. The van der Waals surface area contributed by atoms with Gasteiger partial charge < -0.3 is 17.2 Å². The molecule has 0 saturated carbocycles. The molecular formula is C9H15N5. The van der Waals surface area contributed by atoms with Gasteiger partial charge in [-0.25, -0.2) is 4.98 Å². The summed E-state index contributed by atoms with van der Waals surface area (Å²) in [6, 6.07) is 0. The summed E-state index contributed by atoms with van der Waals surface area (Å²) >= 11 is 0. The van der Waals surface area contributed by atoms with E-state index in [1.54, 1.807) is 0 Å². The van der Waals surface area contributed by atoms with Gasteiger partial charge in [-0.3, -0.25) is 0 Å². The molecule has 1 atom stereocenters. The van der Waals surface area contributed by atoms with Crippen LogP contribution in [0, 0.1) is 0 Å². The zero-order valence-electron chi connectivity index (χ0n) is 8.03. The Morgan fingerprint density at radius 3 is 2.79 bits per heavy atom. The van der Waals surface area contributed by atoms with Crippen LogP contribution in [0.5, 0.6) is 0 Å². The molecule has 5 nitrogen and oxygen atoms in total. The molecule has 1 unspecified atom stereocenters. The van der Waals surface area contributed by atoms with Gasteiger partial charge in [-0.2, -0.15) is 4.98 Å². The first-order valence-corrected chi connectivity index (χ1v) is 4.84. The van der Waals surface area contributed by atoms with E-state index in [0.29, 0.717) is 18.3 Å². The molecule has 1 aromatic heterocycles. The summed E-state index contributed by atoms with van der Waals surface area (Å²) in [5.74, 6) is 1.07. The lowest BCUT2D eigenvalue weighted by atomic mass is 9.86. The molecule has 1 aliphatic rings. The van der Waals surface area contributed by atoms with Crippen LogP contribution in [0.2, 0.25) is 0 Å². The summed E-state index contributed by atoms with van der Waals surface area (Å²) < 4.78 is 0. The summed E-state index contributed by atoms with van der Waals surface area (Å²) in [5.41, 5.74) is 19.0. The van der Waals surface area contributed by atoms with E-state index in [2.05, 4.69) is 9.97 Å². The number of anilines is 2. The van der Waals surface area contributed by atoms with Crippen LogP contribution in [0.15, 0.2) is 0 Å². The van der Waals surface area contributed by atoms with Gasteiger partial charge in [0.25, 0.3) is 0 Å². The predicted molar refractivity (Wildman–Crippen MR) is 55.6 cm³/mol. The van der Waals surface area contributed by atoms with E-state index in [0.717, 1.165) is 30.5 Å². The van der Waals surface area contributed by atoms with Crippen LogP contribution in [0.25, 0.3) is 0 Å². The average molecular weight is 193 g/mol. The number of nitrogens with two attached hydrogens (primary N) is 3. The Kier molecular flexibility index (Phi) is 2.25. The van der Waals surface area contributed by atoms with E-state index >= 15 is 0 Å². The first-order chi connectivity index (χ1) is 6.72. The minimum Gasteiger partial charge on any atom is -0.383 e. The molecule has 0 aliphatic heterocycles. The van der Waals surface area contributed by atoms with Gasteiger partial charge in [0.1, 0.15) is 5.82 Å². The Bertz CT molecular complexity index is 349. The van der Waals surface area contributed by atoms with Crippen LogP contribution < -0.4 is 17.2 Å². The van der Waals surface area contributed by atoms with E-state index in [1.807, 2.05) is 0 Å². The molecule has 0 aromatic carbocycles. The molecule has 1 aromatic rings. The van der Waals surface area contributed by atoms with E-state index in [9.17, 15) is 0 Å². The standard InChI is InChI=1S/C9H15N5/c10-4-5-2-1-3-6-7(5)8(11)14-9(12)13-6/h5H,1-4,10H2,(H4,11,12,13,14). The highest BCUT2D eigenvalue weighted by Crippen LogP contribution is 2.33. The number of fused-ring (bicyclic) bond motifs is 1. The SMILES string of the molecule is NCC1CCCc2nc(N)nc(N)c21. The molecule has 0 fully saturated rings. The number of hydrogen-bond donors (Lipinski definition) is 3. The summed E-state index contributed by atoms with van der Waals surface area (Å²) in [6.45, 7) is 0.602. The van der Waals surface area contributed by atoms with Gasteiger partial charge in [0.2, 0.25) is 5.95 Å². The molecule has 5 heteroatoms. The van der Waals surface area contributed by atoms with Gasteiger partial charge >= 0.3 is 0 Å². The van der Waals surface area contributed by atoms with E-state index in [4.69, 9.17) is 17.2 Å².